The van der Waals surface area contributed by atoms with Crippen LogP contribution in [0.1, 0.15) is 10.4 Å². The number of anilines is 1. The average molecular weight is 415 g/mol. The van der Waals surface area contributed by atoms with Crippen LogP contribution in [0.5, 0.6) is 0 Å². The van der Waals surface area contributed by atoms with E-state index < -0.39 is 32.3 Å². The van der Waals surface area contributed by atoms with Crippen molar-refractivity contribution in [1.82, 2.24) is 4.98 Å². The number of amides is 1. The van der Waals surface area contributed by atoms with E-state index in [9.17, 15) is 14.9 Å². The van der Waals surface area contributed by atoms with Gasteiger partial charge in [-0.2, -0.15) is 0 Å². The molecule has 0 unspecified atom stereocenters. The Morgan fingerprint density at radius 3 is 2.39 bits per heavy atom. The zero-order valence-electron chi connectivity index (χ0n) is 10.7. The van der Waals surface area contributed by atoms with Crippen LogP contribution in [0, 0.1) is 10.1 Å². The molecule has 0 saturated heterocycles. The maximum atomic E-state index is 12.3. The van der Waals surface area contributed by atoms with Gasteiger partial charge < -0.3 is 5.32 Å². The van der Waals surface area contributed by atoms with Gasteiger partial charge in [-0.1, -0.05) is 58.0 Å². The van der Waals surface area contributed by atoms with Gasteiger partial charge in [0.05, 0.1) is 15.6 Å². The summed E-state index contributed by atoms with van der Waals surface area (Å²) < 4.78 is 0. The number of hydrogen-bond donors (Lipinski definition) is 1. The van der Waals surface area contributed by atoms with Crippen molar-refractivity contribution in [2.75, 3.05) is 5.32 Å². The molecule has 11 heteroatoms. The smallest absolute Gasteiger partial charge is 0.320 e. The first-order valence-corrected chi connectivity index (χ1v) is 7.56. The van der Waals surface area contributed by atoms with Gasteiger partial charge in [0.15, 0.2) is 0 Å². The van der Waals surface area contributed by atoms with E-state index in [-0.39, 0.29) is 15.9 Å². The summed E-state index contributed by atoms with van der Waals surface area (Å²) in [4.78, 5) is 26.0. The van der Waals surface area contributed by atoms with Crippen molar-refractivity contribution in [1.29, 1.82) is 0 Å². The summed E-state index contributed by atoms with van der Waals surface area (Å²) in [7, 11) is 0. The molecular formula is C12H4Cl5N3O3. The van der Waals surface area contributed by atoms with Crippen molar-refractivity contribution in [3.63, 3.8) is 0 Å². The van der Waals surface area contributed by atoms with Gasteiger partial charge >= 0.3 is 5.69 Å². The second-order valence-corrected chi connectivity index (χ2v) is 6.00. The molecule has 2 aromatic rings. The van der Waals surface area contributed by atoms with Gasteiger partial charge in [0.2, 0.25) is 5.15 Å². The highest BCUT2D eigenvalue weighted by molar-refractivity contribution is 6.44. The van der Waals surface area contributed by atoms with Crippen molar-refractivity contribution in [3.8, 4) is 0 Å². The highest BCUT2D eigenvalue weighted by atomic mass is 35.5. The van der Waals surface area contributed by atoms with Gasteiger partial charge in [-0.3, -0.25) is 14.9 Å². The van der Waals surface area contributed by atoms with E-state index in [1.807, 2.05) is 0 Å². The summed E-state index contributed by atoms with van der Waals surface area (Å²) >= 11 is 29.1. The van der Waals surface area contributed by atoms with E-state index in [1.165, 1.54) is 18.2 Å². The monoisotopic (exact) mass is 413 g/mol. The van der Waals surface area contributed by atoms with Gasteiger partial charge in [0.25, 0.3) is 5.91 Å². The van der Waals surface area contributed by atoms with Crippen molar-refractivity contribution in [3.05, 3.63) is 59.3 Å². The van der Waals surface area contributed by atoms with Crippen LogP contribution < -0.4 is 5.32 Å². The molecular weight excluding hydrogens is 411 g/mol. The van der Waals surface area contributed by atoms with E-state index in [0.717, 1.165) is 0 Å². The molecule has 0 aliphatic rings. The van der Waals surface area contributed by atoms with E-state index >= 15 is 0 Å². The SMILES string of the molecule is O=C(Nc1cc(Cl)ccc1Cl)c1c(Cl)nc(Cl)c([N+](=O)[O-])c1Cl. The summed E-state index contributed by atoms with van der Waals surface area (Å²) in [6, 6.07) is 4.38. The van der Waals surface area contributed by atoms with Crippen LogP contribution in [-0.4, -0.2) is 15.8 Å². The first-order valence-electron chi connectivity index (χ1n) is 5.67. The molecule has 23 heavy (non-hydrogen) atoms. The molecule has 0 fully saturated rings. The predicted octanol–water partition coefficient (Wildman–Crippen LogP) is 5.51. The minimum absolute atomic E-state index is 0.175. The van der Waals surface area contributed by atoms with Crippen LogP contribution in [0.15, 0.2) is 18.2 Å². The second kappa shape index (κ2) is 7.07. The van der Waals surface area contributed by atoms with Gasteiger partial charge in [0, 0.05) is 5.02 Å². The Morgan fingerprint density at radius 2 is 1.78 bits per heavy atom. The number of benzene rings is 1. The van der Waals surface area contributed by atoms with E-state index in [2.05, 4.69) is 10.3 Å². The predicted molar refractivity (Wildman–Crippen MR) is 90.3 cm³/mol. The summed E-state index contributed by atoms with van der Waals surface area (Å²) in [5.41, 5.74) is -0.950. The highest BCUT2D eigenvalue weighted by Crippen LogP contribution is 2.37. The molecule has 0 radical (unpaired) electrons. The molecule has 2 rings (SSSR count). The topological polar surface area (TPSA) is 85.1 Å². The van der Waals surface area contributed by atoms with Gasteiger partial charge in [-0.25, -0.2) is 4.98 Å². The van der Waals surface area contributed by atoms with Crippen LogP contribution in [-0.2, 0) is 0 Å². The van der Waals surface area contributed by atoms with E-state index in [4.69, 9.17) is 58.0 Å². The van der Waals surface area contributed by atoms with Crippen LogP contribution in [0.3, 0.4) is 0 Å². The number of halogens is 5. The van der Waals surface area contributed by atoms with Crippen LogP contribution in [0.25, 0.3) is 0 Å². The Balaban J connectivity index is 2.49. The number of hydrogen-bond acceptors (Lipinski definition) is 4. The lowest BCUT2D eigenvalue weighted by Crippen LogP contribution is -2.15. The molecule has 0 bridgehead atoms. The summed E-state index contributed by atoms with van der Waals surface area (Å²) in [6.07, 6.45) is 0. The van der Waals surface area contributed by atoms with Gasteiger partial charge in [-0.15, -0.1) is 0 Å². The minimum atomic E-state index is -0.864. The lowest BCUT2D eigenvalue weighted by atomic mass is 10.2. The maximum Gasteiger partial charge on any atom is 0.325 e. The maximum absolute atomic E-state index is 12.3. The zero-order chi connectivity index (χ0) is 17.3. The molecule has 0 aliphatic heterocycles. The molecule has 1 aromatic heterocycles. The zero-order valence-corrected chi connectivity index (χ0v) is 14.5. The van der Waals surface area contributed by atoms with Crippen LogP contribution >= 0.6 is 58.0 Å². The normalized spacial score (nSPS) is 10.5. The van der Waals surface area contributed by atoms with E-state index in [0.29, 0.717) is 5.02 Å². The Hall–Kier alpha value is -1.31. The molecule has 0 saturated carbocycles. The fraction of sp³-hybridized carbons (Fsp3) is 0. The molecule has 1 N–H and O–H groups in total. The largest absolute Gasteiger partial charge is 0.325 e. The number of nitrogens with one attached hydrogen (secondary N) is 1. The molecule has 1 amide bonds. The number of pyridine rings is 1. The van der Waals surface area contributed by atoms with Crippen molar-refractivity contribution >= 4 is 75.3 Å². The Bertz CT molecular complexity index is 828. The molecule has 1 aromatic carbocycles. The third-order valence-corrected chi connectivity index (χ3v) is 4.08. The molecule has 6 nitrogen and oxygen atoms in total. The first-order chi connectivity index (χ1) is 10.7. The Kier molecular flexibility index (Phi) is 5.54. The van der Waals surface area contributed by atoms with Crippen molar-refractivity contribution < 1.29 is 9.72 Å². The lowest BCUT2D eigenvalue weighted by Gasteiger charge is -2.10. The third-order valence-electron chi connectivity index (χ3n) is 2.61. The summed E-state index contributed by atoms with van der Waals surface area (Å²) in [5.74, 6) is -0.851. The number of aromatic nitrogens is 1. The van der Waals surface area contributed by atoms with E-state index in [1.54, 1.807) is 0 Å². The van der Waals surface area contributed by atoms with Crippen molar-refractivity contribution in [2.45, 2.75) is 0 Å². The standard InChI is InChI=1S/C12H4Cl5N3O3/c13-4-1-2-5(14)6(3-4)18-12(21)7-8(15)9(20(22)23)11(17)19-10(7)16/h1-3H,(H,18,21). The molecule has 120 valence electrons. The average Bonchev–Trinajstić information content (AvgIpc) is 2.41. The molecule has 0 aliphatic carbocycles. The van der Waals surface area contributed by atoms with Gasteiger partial charge in [-0.05, 0) is 18.2 Å². The Labute approximate surface area is 154 Å². The Morgan fingerprint density at radius 1 is 1.13 bits per heavy atom. The molecule has 1 heterocycles. The number of carbonyl (C=O) groups is 1. The van der Waals surface area contributed by atoms with Crippen molar-refractivity contribution in [2.24, 2.45) is 0 Å². The molecule has 0 atom stereocenters. The van der Waals surface area contributed by atoms with Crippen LogP contribution in [0.2, 0.25) is 25.4 Å². The molecule has 0 spiro atoms. The highest BCUT2D eigenvalue weighted by Gasteiger charge is 2.29. The van der Waals surface area contributed by atoms with Gasteiger partial charge in [0.1, 0.15) is 15.7 Å². The summed E-state index contributed by atoms with van der Waals surface area (Å²) in [6.45, 7) is 0. The minimum Gasteiger partial charge on any atom is -0.320 e. The second-order valence-electron chi connectivity index (χ2n) is 4.07. The fourth-order valence-corrected chi connectivity index (χ4v) is 2.95. The first kappa shape index (κ1) is 18.0. The number of nitrogens with zero attached hydrogens (tertiary/aromatic N) is 2. The third kappa shape index (κ3) is 3.79. The lowest BCUT2D eigenvalue weighted by molar-refractivity contribution is -0.384. The number of nitro groups is 1. The summed E-state index contributed by atoms with van der Waals surface area (Å²) in [5, 5.41) is 12.5. The van der Waals surface area contributed by atoms with Crippen LogP contribution in [0.4, 0.5) is 11.4 Å². The fourth-order valence-electron chi connectivity index (χ4n) is 1.62. The number of rotatable bonds is 3. The number of carbonyl (C=O) groups excluding carboxylic acids is 1. The quantitative estimate of drug-likeness (QED) is 0.407.